The molecule has 0 saturated carbocycles. The summed E-state index contributed by atoms with van der Waals surface area (Å²) in [5.74, 6) is -1.75. The van der Waals surface area contributed by atoms with E-state index in [1.54, 1.807) is 30.5 Å². The summed E-state index contributed by atoms with van der Waals surface area (Å²) < 4.78 is 30.7. The summed E-state index contributed by atoms with van der Waals surface area (Å²) in [5.41, 5.74) is 1.79. The maximum atomic E-state index is 12.4. The average Bonchev–Trinajstić information content (AvgIpc) is 3.19. The van der Waals surface area contributed by atoms with Crippen LogP contribution in [-0.4, -0.2) is 34.9 Å². The molecule has 3 rings (SSSR count). The summed E-state index contributed by atoms with van der Waals surface area (Å²) in [6.45, 7) is 2.95. The number of carbonyl (C=O) groups is 1. The molecule has 2 aromatic carbocycles. The molecule has 1 saturated heterocycles. The van der Waals surface area contributed by atoms with E-state index in [-0.39, 0.29) is 11.2 Å². The van der Waals surface area contributed by atoms with Gasteiger partial charge in [-0.1, -0.05) is 74.7 Å². The molecule has 0 spiro atoms. The van der Waals surface area contributed by atoms with Gasteiger partial charge in [0, 0.05) is 4.90 Å². The summed E-state index contributed by atoms with van der Waals surface area (Å²) in [5, 5.41) is 11.1. The smallest absolute Gasteiger partial charge is 0.288 e. The van der Waals surface area contributed by atoms with Crippen molar-refractivity contribution < 1.29 is 18.3 Å². The second-order valence-electron chi connectivity index (χ2n) is 8.16. The first-order chi connectivity index (χ1) is 17.0. The van der Waals surface area contributed by atoms with Gasteiger partial charge in [0.1, 0.15) is 5.75 Å². The van der Waals surface area contributed by atoms with Crippen molar-refractivity contribution in [2.75, 3.05) is 6.61 Å². The molecule has 1 fully saturated rings. The molecule has 1 atom stereocenters. The molecule has 0 aliphatic carbocycles. The lowest BCUT2D eigenvalue weighted by molar-refractivity contribution is -0.118. The highest BCUT2D eigenvalue weighted by molar-refractivity contribution is 8.15. The van der Waals surface area contributed by atoms with Gasteiger partial charge >= 0.3 is 0 Å². The summed E-state index contributed by atoms with van der Waals surface area (Å²) in [6.07, 6.45) is 9.52. The number of nitrogens with one attached hydrogen (secondary N) is 1. The third-order valence-electron chi connectivity index (χ3n) is 5.35. The Bertz CT molecular complexity index is 983. The molecule has 1 N–H and O–H groups in total. The van der Waals surface area contributed by atoms with Crippen molar-refractivity contribution in [1.29, 1.82) is 0 Å². The van der Waals surface area contributed by atoms with Gasteiger partial charge in [0.2, 0.25) is 5.91 Å². The van der Waals surface area contributed by atoms with Crippen LogP contribution >= 0.6 is 23.5 Å². The van der Waals surface area contributed by atoms with Crippen LogP contribution in [0.3, 0.4) is 0 Å². The quantitative estimate of drug-likeness (QED) is 0.128. The van der Waals surface area contributed by atoms with E-state index in [0.29, 0.717) is 28.2 Å². The third kappa shape index (κ3) is 10.0. The number of alkyl halides is 2. The van der Waals surface area contributed by atoms with Crippen LogP contribution in [-0.2, 0) is 11.2 Å². The fraction of sp³-hybridized carbons (Fsp3) is 0.423. The maximum Gasteiger partial charge on any atom is 0.288 e. The number of hydrogen-bond acceptors (Lipinski definition) is 6. The predicted molar refractivity (Wildman–Crippen MR) is 142 cm³/mol. The second kappa shape index (κ2) is 14.9. The number of carbonyl (C=O) groups excluding carboxylic acids is 1. The number of hydrogen-bond donors (Lipinski definition) is 1. The van der Waals surface area contributed by atoms with Crippen LogP contribution in [0, 0.1) is 0 Å². The van der Waals surface area contributed by atoms with Crippen molar-refractivity contribution in [2.24, 2.45) is 10.2 Å². The Morgan fingerprint density at radius 2 is 1.77 bits per heavy atom. The first-order valence-corrected chi connectivity index (χ1v) is 13.6. The van der Waals surface area contributed by atoms with Crippen LogP contribution in [0.5, 0.6) is 5.75 Å². The Hall–Kier alpha value is -2.39. The fourth-order valence-corrected chi connectivity index (χ4v) is 4.94. The molecule has 1 heterocycles. The zero-order chi connectivity index (χ0) is 24.9. The Morgan fingerprint density at radius 3 is 2.49 bits per heavy atom. The molecule has 0 aromatic heterocycles. The highest BCUT2D eigenvalue weighted by Crippen LogP contribution is 2.27. The van der Waals surface area contributed by atoms with Crippen molar-refractivity contribution in [3.05, 3.63) is 59.7 Å². The van der Waals surface area contributed by atoms with E-state index in [9.17, 15) is 13.6 Å². The number of nitrogens with zero attached hydrogens (tertiary/aromatic N) is 2. The van der Waals surface area contributed by atoms with E-state index in [2.05, 4.69) is 22.4 Å². The minimum atomic E-state index is -2.45. The van der Waals surface area contributed by atoms with Crippen molar-refractivity contribution in [3.8, 4) is 5.75 Å². The van der Waals surface area contributed by atoms with Crippen molar-refractivity contribution >= 4 is 40.8 Å². The number of amidine groups is 1. The van der Waals surface area contributed by atoms with Crippen molar-refractivity contribution in [1.82, 2.24) is 5.32 Å². The lowest BCUT2D eigenvalue weighted by Gasteiger charge is -2.06. The molecular formula is C26H31F2N3O2S2. The van der Waals surface area contributed by atoms with E-state index >= 15 is 0 Å². The molecule has 0 bridgehead atoms. The monoisotopic (exact) mass is 519 g/mol. The van der Waals surface area contributed by atoms with Crippen LogP contribution in [0.4, 0.5) is 8.78 Å². The van der Waals surface area contributed by atoms with E-state index in [1.807, 2.05) is 24.3 Å². The first kappa shape index (κ1) is 27.2. The van der Waals surface area contributed by atoms with Gasteiger partial charge in [-0.2, -0.15) is 13.9 Å². The molecule has 0 radical (unpaired) electrons. The molecule has 35 heavy (non-hydrogen) atoms. The van der Waals surface area contributed by atoms with Crippen LogP contribution in [0.2, 0.25) is 0 Å². The van der Waals surface area contributed by atoms with Gasteiger partial charge in [0.25, 0.3) is 5.76 Å². The molecule has 1 amide bonds. The van der Waals surface area contributed by atoms with E-state index < -0.39 is 5.76 Å². The van der Waals surface area contributed by atoms with Gasteiger partial charge in [-0.15, -0.1) is 5.10 Å². The highest BCUT2D eigenvalue weighted by atomic mass is 32.2. The molecule has 9 heteroatoms. The number of amides is 1. The minimum Gasteiger partial charge on any atom is -0.494 e. The van der Waals surface area contributed by atoms with E-state index in [0.717, 1.165) is 29.9 Å². The minimum absolute atomic E-state index is 0.137. The Kier molecular flexibility index (Phi) is 11.6. The van der Waals surface area contributed by atoms with Crippen LogP contribution < -0.4 is 10.1 Å². The summed E-state index contributed by atoms with van der Waals surface area (Å²) >= 11 is 1.82. The number of unbranched alkanes of at least 4 members (excludes halogenated alkanes) is 5. The van der Waals surface area contributed by atoms with Gasteiger partial charge in [-0.3, -0.25) is 4.79 Å². The Balaban J connectivity index is 1.41. The molecule has 1 unspecified atom stereocenters. The normalized spacial score (nSPS) is 17.0. The molecule has 2 aromatic rings. The number of rotatable bonds is 14. The first-order valence-electron chi connectivity index (χ1n) is 11.9. The third-order valence-corrected chi connectivity index (χ3v) is 7.14. The molecule has 1 aliphatic rings. The molecular weight excluding hydrogens is 488 g/mol. The summed E-state index contributed by atoms with van der Waals surface area (Å²) in [4.78, 5) is 12.8. The summed E-state index contributed by atoms with van der Waals surface area (Å²) in [7, 11) is 0. The second-order valence-corrected chi connectivity index (χ2v) is 10.4. The number of benzene rings is 2. The fourth-order valence-electron chi connectivity index (χ4n) is 3.48. The zero-order valence-corrected chi connectivity index (χ0v) is 21.4. The standard InChI is InChI=1S/C26H31F2N3O2S2/c1-2-3-4-5-6-7-16-33-21-12-8-20(9-13-21)18-29-31-26-30-24(32)23(35-26)17-19-10-14-22(15-11-19)34-25(27)28/h8-15,18,23,25H,2-7,16-17H2,1H3,(H,30,31,32)/b29-18+. The van der Waals surface area contributed by atoms with E-state index in [4.69, 9.17) is 4.74 Å². The lowest BCUT2D eigenvalue weighted by atomic mass is 10.1. The number of thioether (sulfide) groups is 2. The largest absolute Gasteiger partial charge is 0.494 e. The van der Waals surface area contributed by atoms with Crippen LogP contribution in [0.25, 0.3) is 0 Å². The van der Waals surface area contributed by atoms with Crippen molar-refractivity contribution in [2.45, 2.75) is 67.8 Å². The Labute approximate surface area is 214 Å². The predicted octanol–water partition coefficient (Wildman–Crippen LogP) is 6.90. The maximum absolute atomic E-state index is 12.4. The van der Waals surface area contributed by atoms with E-state index in [1.165, 1.54) is 43.9 Å². The van der Waals surface area contributed by atoms with Gasteiger partial charge in [0.15, 0.2) is 5.17 Å². The average molecular weight is 520 g/mol. The topological polar surface area (TPSA) is 63.1 Å². The molecule has 1 aliphatic heterocycles. The molecule has 5 nitrogen and oxygen atoms in total. The van der Waals surface area contributed by atoms with Crippen LogP contribution in [0.15, 0.2) is 63.6 Å². The highest BCUT2D eigenvalue weighted by Gasteiger charge is 2.30. The van der Waals surface area contributed by atoms with Gasteiger partial charge in [-0.25, -0.2) is 0 Å². The van der Waals surface area contributed by atoms with Gasteiger partial charge < -0.3 is 10.1 Å². The molecule has 188 valence electrons. The lowest BCUT2D eigenvalue weighted by Crippen LogP contribution is -2.25. The zero-order valence-electron chi connectivity index (χ0n) is 19.8. The van der Waals surface area contributed by atoms with Gasteiger partial charge in [-0.05, 0) is 60.4 Å². The number of halogens is 2. The van der Waals surface area contributed by atoms with Crippen LogP contribution in [0.1, 0.15) is 56.6 Å². The van der Waals surface area contributed by atoms with Gasteiger partial charge in [0.05, 0.1) is 18.1 Å². The summed E-state index contributed by atoms with van der Waals surface area (Å²) in [6, 6.07) is 14.5. The SMILES string of the molecule is CCCCCCCCOc1ccc(/C=N/N=C2/NC(=O)C(Cc3ccc(SC(F)F)cc3)S2)cc1. The van der Waals surface area contributed by atoms with Crippen molar-refractivity contribution in [3.63, 3.8) is 0 Å². The number of ether oxygens (including phenoxy) is 1. The Morgan fingerprint density at radius 1 is 1.06 bits per heavy atom.